The number of pyridine rings is 2. The van der Waals surface area contributed by atoms with Gasteiger partial charge in [-0.05, 0) is 55.2 Å². The molecule has 3 aliphatic rings. The van der Waals surface area contributed by atoms with E-state index < -0.39 is 17.3 Å². The quantitative estimate of drug-likeness (QED) is 0.818. The Labute approximate surface area is 167 Å². The van der Waals surface area contributed by atoms with Gasteiger partial charge in [-0.25, -0.2) is 9.18 Å². The predicted molar refractivity (Wildman–Crippen MR) is 107 cm³/mol. The first-order valence-electron chi connectivity index (χ1n) is 9.56. The second-order valence-electron chi connectivity index (χ2n) is 8.03. The summed E-state index contributed by atoms with van der Waals surface area (Å²) in [6.07, 6.45) is 4.16. The van der Waals surface area contributed by atoms with Crippen LogP contribution >= 0.6 is 12.4 Å². The van der Waals surface area contributed by atoms with Crippen LogP contribution in [0.2, 0.25) is 0 Å². The number of nitrogens with zero attached hydrogens (tertiary/aromatic N) is 2. The molecule has 0 bridgehead atoms. The van der Waals surface area contributed by atoms with Gasteiger partial charge >= 0.3 is 5.97 Å². The van der Waals surface area contributed by atoms with E-state index in [9.17, 15) is 14.7 Å². The second-order valence-corrected chi connectivity index (χ2v) is 8.03. The highest BCUT2D eigenvalue weighted by atomic mass is 35.5. The van der Waals surface area contributed by atoms with Gasteiger partial charge < -0.3 is 15.3 Å². The molecular formula is C20H23ClFN3O3. The lowest BCUT2D eigenvalue weighted by molar-refractivity contribution is 0.0694. The Morgan fingerprint density at radius 2 is 2.04 bits per heavy atom. The Bertz CT molecular complexity index is 1030. The van der Waals surface area contributed by atoms with E-state index in [2.05, 4.69) is 10.2 Å². The van der Waals surface area contributed by atoms with E-state index >= 15 is 4.39 Å². The number of rotatable bonds is 3. The van der Waals surface area contributed by atoms with Gasteiger partial charge in [0, 0.05) is 25.7 Å². The first-order chi connectivity index (χ1) is 13.0. The van der Waals surface area contributed by atoms with Crippen LogP contribution in [-0.4, -0.2) is 41.2 Å². The molecule has 1 aliphatic carbocycles. The minimum atomic E-state index is -1.27. The Morgan fingerprint density at radius 3 is 2.71 bits per heavy atom. The van der Waals surface area contributed by atoms with Crippen molar-refractivity contribution in [1.82, 2.24) is 9.72 Å². The Hall–Kier alpha value is -2.12. The molecule has 5 rings (SSSR count). The first kappa shape index (κ1) is 19.2. The third-order valence-corrected chi connectivity index (χ3v) is 6.42. The average Bonchev–Trinajstić information content (AvgIpc) is 3.23. The van der Waals surface area contributed by atoms with Crippen molar-refractivity contribution >= 4 is 29.6 Å². The van der Waals surface area contributed by atoms with Crippen molar-refractivity contribution in [2.45, 2.75) is 38.1 Å². The molecule has 2 atom stereocenters. The summed E-state index contributed by atoms with van der Waals surface area (Å²) in [5.74, 6) is -0.952. The molecule has 28 heavy (non-hydrogen) atoms. The van der Waals surface area contributed by atoms with Crippen LogP contribution in [0.3, 0.4) is 0 Å². The van der Waals surface area contributed by atoms with Gasteiger partial charge in [-0.1, -0.05) is 0 Å². The lowest BCUT2D eigenvalue weighted by Crippen LogP contribution is -2.36. The highest BCUT2D eigenvalue weighted by molar-refractivity contribution is 5.89. The van der Waals surface area contributed by atoms with Gasteiger partial charge in [0.2, 0.25) is 0 Å². The number of aryl methyl sites for hydroxylation is 1. The van der Waals surface area contributed by atoms with Crippen molar-refractivity contribution in [2.24, 2.45) is 5.92 Å². The largest absolute Gasteiger partial charge is 0.477 e. The summed E-state index contributed by atoms with van der Waals surface area (Å²) in [6.45, 7) is 4.47. The number of nitrogens with one attached hydrogen (secondary N) is 1. The smallest absolute Gasteiger partial charge is 0.341 e. The number of fused-ring (bicyclic) bond motifs is 2. The van der Waals surface area contributed by atoms with Crippen LogP contribution < -0.4 is 15.8 Å². The lowest BCUT2D eigenvalue weighted by Gasteiger charge is -2.29. The van der Waals surface area contributed by atoms with Gasteiger partial charge in [0.1, 0.15) is 5.56 Å². The molecule has 4 heterocycles. The Balaban J connectivity index is 0.00000192. The predicted octanol–water partition coefficient (Wildman–Crippen LogP) is 2.54. The molecule has 0 spiro atoms. The van der Waals surface area contributed by atoms with E-state index in [1.165, 1.54) is 16.7 Å². The van der Waals surface area contributed by atoms with E-state index in [1.54, 1.807) is 0 Å². The fourth-order valence-electron chi connectivity index (χ4n) is 4.98. The Morgan fingerprint density at radius 1 is 1.29 bits per heavy atom. The van der Waals surface area contributed by atoms with Crippen molar-refractivity contribution in [3.8, 4) is 0 Å². The van der Waals surface area contributed by atoms with Crippen molar-refractivity contribution in [3.05, 3.63) is 45.1 Å². The monoisotopic (exact) mass is 407 g/mol. The molecule has 0 radical (unpaired) electrons. The number of hydrogen-bond donors (Lipinski definition) is 2. The van der Waals surface area contributed by atoms with Crippen molar-refractivity contribution < 1.29 is 14.3 Å². The SMILES string of the molecule is Cc1c(N2CCC3CNCC32)c(F)cn2c(=O)c(C(=O)O)cc(C3CC3)c12.Cl. The van der Waals surface area contributed by atoms with E-state index in [1.807, 2.05) is 6.92 Å². The number of hydrogen-bond acceptors (Lipinski definition) is 4. The van der Waals surface area contributed by atoms with E-state index in [0.29, 0.717) is 17.1 Å². The minimum Gasteiger partial charge on any atom is -0.477 e. The zero-order valence-electron chi connectivity index (χ0n) is 15.6. The lowest BCUT2D eigenvalue weighted by atomic mass is 10.0. The van der Waals surface area contributed by atoms with Crippen LogP contribution in [0.4, 0.5) is 10.1 Å². The molecule has 2 aromatic rings. The van der Waals surface area contributed by atoms with Crippen molar-refractivity contribution in [1.29, 1.82) is 0 Å². The molecule has 3 fully saturated rings. The highest BCUT2D eigenvalue weighted by Gasteiger charge is 2.40. The summed E-state index contributed by atoms with van der Waals surface area (Å²) in [7, 11) is 0. The fraction of sp³-hybridized carbons (Fsp3) is 0.500. The van der Waals surface area contributed by atoms with Gasteiger partial charge in [-0.2, -0.15) is 0 Å². The van der Waals surface area contributed by atoms with Crippen LogP contribution in [0.1, 0.15) is 46.7 Å². The molecule has 0 aromatic carbocycles. The molecular weight excluding hydrogens is 385 g/mol. The Kier molecular flexibility index (Phi) is 4.62. The van der Waals surface area contributed by atoms with E-state index in [-0.39, 0.29) is 29.9 Å². The van der Waals surface area contributed by atoms with Gasteiger partial charge in [0.05, 0.1) is 17.4 Å². The van der Waals surface area contributed by atoms with Crippen molar-refractivity contribution in [3.63, 3.8) is 0 Å². The fourth-order valence-corrected chi connectivity index (χ4v) is 4.98. The summed E-state index contributed by atoms with van der Waals surface area (Å²) >= 11 is 0. The van der Waals surface area contributed by atoms with E-state index in [4.69, 9.17) is 0 Å². The average molecular weight is 408 g/mol. The van der Waals surface area contributed by atoms with Crippen LogP contribution in [0.15, 0.2) is 17.1 Å². The van der Waals surface area contributed by atoms with Crippen LogP contribution in [0.5, 0.6) is 0 Å². The molecule has 8 heteroatoms. The molecule has 150 valence electrons. The zero-order chi connectivity index (χ0) is 18.9. The number of halogens is 2. The molecule has 6 nitrogen and oxygen atoms in total. The maximum atomic E-state index is 15.2. The number of carboxylic acids is 1. The third-order valence-electron chi connectivity index (χ3n) is 6.42. The highest BCUT2D eigenvalue weighted by Crippen LogP contribution is 2.44. The third kappa shape index (κ3) is 2.71. The molecule has 1 saturated carbocycles. The topological polar surface area (TPSA) is 74.0 Å². The number of anilines is 1. The summed E-state index contributed by atoms with van der Waals surface area (Å²) < 4.78 is 16.4. The van der Waals surface area contributed by atoms with E-state index in [0.717, 1.165) is 50.0 Å². The maximum absolute atomic E-state index is 15.2. The molecule has 2 saturated heterocycles. The van der Waals surface area contributed by atoms with Crippen LogP contribution in [0, 0.1) is 18.7 Å². The summed E-state index contributed by atoms with van der Waals surface area (Å²) in [6, 6.07) is 1.78. The number of aromatic carboxylic acids is 1. The summed E-state index contributed by atoms with van der Waals surface area (Å²) in [5, 5.41) is 12.8. The first-order valence-corrected chi connectivity index (χ1v) is 9.56. The van der Waals surface area contributed by atoms with Gasteiger partial charge in [-0.15, -0.1) is 12.4 Å². The zero-order valence-corrected chi connectivity index (χ0v) is 16.4. The van der Waals surface area contributed by atoms with Gasteiger partial charge in [0.25, 0.3) is 5.56 Å². The van der Waals surface area contributed by atoms with Gasteiger partial charge in [-0.3, -0.25) is 9.20 Å². The molecule has 2 N–H and O–H groups in total. The standard InChI is InChI=1S/C20H22FN3O3.ClH/c1-10-17-13(11-2-3-11)6-14(20(26)27)19(25)24(17)9-15(21)18(10)23-5-4-12-7-22-8-16(12)23;/h6,9,11-12,16,22H,2-5,7-8H2,1H3,(H,26,27);1H. The van der Waals surface area contributed by atoms with Crippen LogP contribution in [0.25, 0.3) is 5.52 Å². The molecule has 2 unspecified atom stereocenters. The number of carbonyl (C=O) groups is 1. The summed E-state index contributed by atoms with van der Waals surface area (Å²) in [5.41, 5.74) is 1.87. The number of carboxylic acid groups (broad SMARTS) is 1. The minimum absolute atomic E-state index is 0. The molecule has 0 amide bonds. The van der Waals surface area contributed by atoms with Crippen LogP contribution in [-0.2, 0) is 0 Å². The normalized spacial score (nSPS) is 23.7. The second kappa shape index (κ2) is 6.74. The number of aromatic nitrogens is 1. The van der Waals surface area contributed by atoms with Gasteiger partial charge in [0.15, 0.2) is 5.82 Å². The van der Waals surface area contributed by atoms with Crippen molar-refractivity contribution in [2.75, 3.05) is 24.5 Å². The molecule has 2 aromatic heterocycles. The maximum Gasteiger partial charge on any atom is 0.341 e. The summed E-state index contributed by atoms with van der Waals surface area (Å²) in [4.78, 5) is 26.3. The molecule has 2 aliphatic heterocycles.